The molecule has 6 nitrogen and oxygen atoms in total. The molecule has 2 aromatic carbocycles. The lowest BCUT2D eigenvalue weighted by Gasteiger charge is -2.11. The number of hydrogen-bond donors (Lipinski definition) is 0. The van der Waals surface area contributed by atoms with E-state index >= 15 is 0 Å². The van der Waals surface area contributed by atoms with Crippen LogP contribution in [0.3, 0.4) is 0 Å². The molecule has 0 amide bonds. The number of halogens is 5. The van der Waals surface area contributed by atoms with Crippen molar-refractivity contribution >= 4 is 27.3 Å². The second-order valence-corrected chi connectivity index (χ2v) is 8.14. The summed E-state index contributed by atoms with van der Waals surface area (Å²) in [5, 5.41) is 19.9. The van der Waals surface area contributed by atoms with Gasteiger partial charge in [-0.05, 0) is 30.3 Å². The maximum Gasteiger partial charge on any atom is 0.417 e. The first-order valence-electron chi connectivity index (χ1n) is 6.97. The number of nitro groups is 1. The van der Waals surface area contributed by atoms with Crippen molar-refractivity contribution in [1.82, 2.24) is 0 Å². The molecule has 0 radical (unpaired) electrons. The zero-order valence-electron chi connectivity index (χ0n) is 13.3. The van der Waals surface area contributed by atoms with Crippen molar-refractivity contribution in [2.45, 2.75) is 26.6 Å². The Balaban J connectivity index is 2.53. The average molecular weight is 438 g/mol. The van der Waals surface area contributed by atoms with Crippen molar-refractivity contribution in [3.63, 3.8) is 0 Å². The van der Waals surface area contributed by atoms with Crippen molar-refractivity contribution in [2.75, 3.05) is 0 Å². The van der Waals surface area contributed by atoms with Crippen molar-refractivity contribution in [3.05, 3.63) is 57.6 Å². The fraction of sp³-hybridized carbons (Fsp3) is 0.133. The summed E-state index contributed by atoms with van der Waals surface area (Å²) in [4.78, 5) is 8.75. The number of rotatable bonds is 5. The van der Waals surface area contributed by atoms with Gasteiger partial charge in [0.05, 0.1) is 31.9 Å². The summed E-state index contributed by atoms with van der Waals surface area (Å²) in [5.41, 5.74) is -2.77. The highest BCUT2D eigenvalue weighted by Crippen LogP contribution is 2.40. The van der Waals surface area contributed by atoms with Crippen LogP contribution in [-0.2, 0) is 16.0 Å². The zero-order valence-corrected chi connectivity index (χ0v) is 14.9. The highest BCUT2D eigenvalue weighted by Gasteiger charge is 2.34. The van der Waals surface area contributed by atoms with Crippen LogP contribution in [0, 0.1) is 21.4 Å². The molecule has 0 saturated carbocycles. The molecule has 0 N–H and O–H groups in total. The number of nitro benzene ring substituents is 1. The van der Waals surface area contributed by atoms with Gasteiger partial charge in [-0.2, -0.15) is 27.2 Å². The molecule has 0 aromatic heterocycles. The molecule has 0 heterocycles. The Hall–Kier alpha value is -2.72. The standard InChI is InChI=1S/C15H7F5N2O4S2/c16-14(17)28(25,26)10-3-4-13(12(6-10)22(23)24)27-9-2-1-8(7-21)11(5-9)15(18,19)20/h1-6,14H. The van der Waals surface area contributed by atoms with Crippen LogP contribution in [0.1, 0.15) is 11.1 Å². The van der Waals surface area contributed by atoms with E-state index in [1.807, 2.05) is 0 Å². The first-order chi connectivity index (χ1) is 12.9. The van der Waals surface area contributed by atoms with Crippen molar-refractivity contribution in [2.24, 2.45) is 0 Å². The van der Waals surface area contributed by atoms with Gasteiger partial charge in [0.2, 0.25) is 9.84 Å². The highest BCUT2D eigenvalue weighted by molar-refractivity contribution is 7.99. The van der Waals surface area contributed by atoms with Crippen LogP contribution in [0.15, 0.2) is 51.1 Å². The molecule has 28 heavy (non-hydrogen) atoms. The van der Waals surface area contributed by atoms with Crippen molar-refractivity contribution in [1.29, 1.82) is 5.26 Å². The molecule has 0 saturated heterocycles. The van der Waals surface area contributed by atoms with E-state index in [1.165, 1.54) is 6.07 Å². The maximum absolute atomic E-state index is 13.0. The van der Waals surface area contributed by atoms with Gasteiger partial charge >= 0.3 is 11.9 Å². The first-order valence-corrected chi connectivity index (χ1v) is 9.34. The molecular formula is C15H7F5N2O4S2. The minimum atomic E-state index is -5.09. The molecule has 0 fully saturated rings. The second kappa shape index (κ2) is 7.72. The number of alkyl halides is 5. The lowest BCUT2D eigenvalue weighted by Crippen LogP contribution is -2.11. The van der Waals surface area contributed by atoms with Gasteiger partial charge in [-0.25, -0.2) is 8.42 Å². The molecular weight excluding hydrogens is 431 g/mol. The lowest BCUT2D eigenvalue weighted by atomic mass is 10.1. The number of nitriles is 1. The number of hydrogen-bond acceptors (Lipinski definition) is 6. The Morgan fingerprint density at radius 1 is 1.14 bits per heavy atom. The molecule has 0 spiro atoms. The van der Waals surface area contributed by atoms with E-state index in [0.29, 0.717) is 30.0 Å². The van der Waals surface area contributed by atoms with Gasteiger partial charge in [0, 0.05) is 11.0 Å². The minimum Gasteiger partial charge on any atom is -0.258 e. The normalized spacial score (nSPS) is 12.0. The summed E-state index contributed by atoms with van der Waals surface area (Å²) in [5.74, 6) is -3.79. The smallest absolute Gasteiger partial charge is 0.258 e. The fourth-order valence-corrected chi connectivity index (χ4v) is 3.73. The quantitative estimate of drug-likeness (QED) is 0.383. The molecule has 0 unspecified atom stereocenters. The van der Waals surface area contributed by atoms with E-state index < -0.39 is 48.4 Å². The number of sulfone groups is 1. The van der Waals surface area contributed by atoms with E-state index in [9.17, 15) is 40.5 Å². The van der Waals surface area contributed by atoms with E-state index in [2.05, 4.69) is 0 Å². The third kappa shape index (κ3) is 4.39. The van der Waals surface area contributed by atoms with Crippen molar-refractivity contribution < 1.29 is 35.3 Å². The van der Waals surface area contributed by atoms with Crippen LogP contribution in [0.25, 0.3) is 0 Å². The largest absolute Gasteiger partial charge is 0.417 e. The molecule has 0 atom stereocenters. The van der Waals surface area contributed by atoms with E-state index in [-0.39, 0.29) is 9.79 Å². The van der Waals surface area contributed by atoms with Crippen LogP contribution < -0.4 is 0 Å². The molecule has 13 heteroatoms. The summed E-state index contributed by atoms with van der Waals surface area (Å²) in [7, 11) is -5.09. The monoisotopic (exact) mass is 438 g/mol. The van der Waals surface area contributed by atoms with Crippen LogP contribution in [-0.4, -0.2) is 19.1 Å². The minimum absolute atomic E-state index is 0.126. The SMILES string of the molecule is N#Cc1ccc(Sc2ccc(S(=O)(=O)C(F)F)cc2[N+](=O)[O-])cc1C(F)(F)F. The maximum atomic E-state index is 13.0. The molecule has 0 aliphatic carbocycles. The van der Waals surface area contributed by atoms with Crippen LogP contribution in [0.5, 0.6) is 0 Å². The number of benzene rings is 2. The topological polar surface area (TPSA) is 101 Å². The zero-order chi connectivity index (χ0) is 21.3. The van der Waals surface area contributed by atoms with Gasteiger partial charge in [-0.1, -0.05) is 11.8 Å². The Morgan fingerprint density at radius 2 is 1.79 bits per heavy atom. The van der Waals surface area contributed by atoms with Gasteiger partial charge < -0.3 is 0 Å². The van der Waals surface area contributed by atoms with Gasteiger partial charge in [0.15, 0.2) is 0 Å². The molecule has 0 aliphatic heterocycles. The van der Waals surface area contributed by atoms with E-state index in [4.69, 9.17) is 5.26 Å². The van der Waals surface area contributed by atoms with Crippen LogP contribution >= 0.6 is 11.8 Å². The van der Waals surface area contributed by atoms with Crippen LogP contribution in [0.4, 0.5) is 27.6 Å². The Bertz CT molecular complexity index is 1080. The Morgan fingerprint density at radius 3 is 2.29 bits per heavy atom. The first kappa shape index (κ1) is 21.6. The third-order valence-corrected chi connectivity index (χ3v) is 5.77. The summed E-state index contributed by atoms with van der Waals surface area (Å²) in [6.07, 6.45) is -4.84. The highest BCUT2D eigenvalue weighted by atomic mass is 32.2. The fourth-order valence-electron chi connectivity index (χ4n) is 2.05. The molecule has 0 bridgehead atoms. The van der Waals surface area contributed by atoms with Gasteiger partial charge in [-0.15, -0.1) is 0 Å². The molecule has 2 aromatic rings. The number of nitrogens with zero attached hydrogens (tertiary/aromatic N) is 2. The second-order valence-electron chi connectivity index (χ2n) is 5.11. The molecule has 2 rings (SSSR count). The lowest BCUT2D eigenvalue weighted by molar-refractivity contribution is -0.388. The molecule has 0 aliphatic rings. The summed E-state index contributed by atoms with van der Waals surface area (Å²) >= 11 is 0.486. The van der Waals surface area contributed by atoms with Crippen molar-refractivity contribution in [3.8, 4) is 6.07 Å². The van der Waals surface area contributed by atoms with Crippen LogP contribution in [0.2, 0.25) is 0 Å². The Labute approximate surface area is 158 Å². The van der Waals surface area contributed by atoms with Gasteiger partial charge in [-0.3, -0.25) is 10.1 Å². The Kier molecular flexibility index (Phi) is 5.95. The predicted octanol–water partition coefficient (Wildman–Crippen LogP) is 4.63. The average Bonchev–Trinajstić information content (AvgIpc) is 2.60. The summed E-state index contributed by atoms with van der Waals surface area (Å²) in [6, 6.07) is 5.95. The van der Waals surface area contributed by atoms with Gasteiger partial charge in [0.1, 0.15) is 0 Å². The molecule has 148 valence electrons. The van der Waals surface area contributed by atoms with E-state index in [1.54, 1.807) is 0 Å². The summed E-state index contributed by atoms with van der Waals surface area (Å²) < 4.78 is 87.2. The van der Waals surface area contributed by atoms with E-state index in [0.717, 1.165) is 18.2 Å². The van der Waals surface area contributed by atoms with Gasteiger partial charge in [0.25, 0.3) is 5.69 Å². The summed E-state index contributed by atoms with van der Waals surface area (Å²) in [6.45, 7) is 0. The predicted molar refractivity (Wildman–Crippen MR) is 86.6 cm³/mol. The third-order valence-electron chi connectivity index (χ3n) is 3.33.